The van der Waals surface area contributed by atoms with Gasteiger partial charge in [0, 0.05) is 27.7 Å². The topological polar surface area (TPSA) is 30.0 Å². The van der Waals surface area contributed by atoms with Crippen LogP contribution in [0.25, 0.3) is 10.9 Å². The first kappa shape index (κ1) is 12.8. The van der Waals surface area contributed by atoms with E-state index in [4.69, 9.17) is 11.6 Å². The molecule has 2 aromatic carbocycles. The van der Waals surface area contributed by atoms with Gasteiger partial charge in [0.15, 0.2) is 5.78 Å². The monoisotopic (exact) mass is 281 g/mol. The fraction of sp³-hybridized carbons (Fsp3) is 0.0588. The zero-order valence-electron chi connectivity index (χ0n) is 10.9. The number of pyridine rings is 1. The minimum Gasteiger partial charge on any atom is -0.289 e. The van der Waals surface area contributed by atoms with Crippen molar-refractivity contribution < 1.29 is 4.79 Å². The Labute approximate surface area is 122 Å². The van der Waals surface area contributed by atoms with Crippen LogP contribution < -0.4 is 0 Å². The predicted molar refractivity (Wildman–Crippen MR) is 81.4 cm³/mol. The van der Waals surface area contributed by atoms with E-state index in [9.17, 15) is 4.79 Å². The molecule has 0 aliphatic rings. The van der Waals surface area contributed by atoms with Gasteiger partial charge < -0.3 is 0 Å². The van der Waals surface area contributed by atoms with Crippen molar-refractivity contribution in [1.82, 2.24) is 4.98 Å². The van der Waals surface area contributed by atoms with Crippen molar-refractivity contribution in [2.45, 2.75) is 6.92 Å². The van der Waals surface area contributed by atoms with E-state index >= 15 is 0 Å². The van der Waals surface area contributed by atoms with Crippen LogP contribution in [0.1, 0.15) is 21.5 Å². The van der Waals surface area contributed by atoms with Gasteiger partial charge in [-0.2, -0.15) is 0 Å². The molecule has 0 aliphatic heterocycles. The second-order valence-electron chi connectivity index (χ2n) is 4.67. The van der Waals surface area contributed by atoms with Crippen LogP contribution in [0.3, 0.4) is 0 Å². The molecule has 0 saturated carbocycles. The summed E-state index contributed by atoms with van der Waals surface area (Å²) in [6.45, 7) is 1.92. The molecule has 0 atom stereocenters. The first-order chi connectivity index (χ1) is 9.66. The van der Waals surface area contributed by atoms with E-state index in [1.165, 1.54) is 0 Å². The summed E-state index contributed by atoms with van der Waals surface area (Å²) >= 11 is 6.10. The summed E-state index contributed by atoms with van der Waals surface area (Å²) in [5.41, 5.74) is 3.02. The Morgan fingerprint density at radius 2 is 1.90 bits per heavy atom. The van der Waals surface area contributed by atoms with Crippen LogP contribution in [0.15, 0.2) is 54.7 Å². The van der Waals surface area contributed by atoms with Crippen molar-refractivity contribution in [3.8, 4) is 0 Å². The van der Waals surface area contributed by atoms with Crippen LogP contribution in [0.4, 0.5) is 0 Å². The lowest BCUT2D eigenvalue weighted by Crippen LogP contribution is -2.03. The lowest BCUT2D eigenvalue weighted by molar-refractivity contribution is 0.104. The van der Waals surface area contributed by atoms with Gasteiger partial charge >= 0.3 is 0 Å². The molecule has 0 unspecified atom stereocenters. The molecule has 0 amide bonds. The van der Waals surface area contributed by atoms with Crippen LogP contribution in [-0.2, 0) is 0 Å². The second-order valence-corrected chi connectivity index (χ2v) is 5.08. The maximum atomic E-state index is 12.6. The summed E-state index contributed by atoms with van der Waals surface area (Å²) < 4.78 is 0. The van der Waals surface area contributed by atoms with Gasteiger partial charge in [-0.05, 0) is 30.7 Å². The van der Waals surface area contributed by atoms with Gasteiger partial charge in [-0.3, -0.25) is 9.78 Å². The Balaban J connectivity index is 2.15. The third kappa shape index (κ3) is 2.19. The zero-order chi connectivity index (χ0) is 14.1. The summed E-state index contributed by atoms with van der Waals surface area (Å²) in [6.07, 6.45) is 1.66. The van der Waals surface area contributed by atoms with Gasteiger partial charge in [0.1, 0.15) is 0 Å². The number of para-hydroxylation sites is 1. The predicted octanol–water partition coefficient (Wildman–Crippen LogP) is 4.43. The number of hydrogen-bond acceptors (Lipinski definition) is 2. The fourth-order valence-corrected chi connectivity index (χ4v) is 2.36. The van der Waals surface area contributed by atoms with Gasteiger partial charge in [-0.25, -0.2) is 0 Å². The van der Waals surface area contributed by atoms with Gasteiger partial charge in [0.05, 0.1) is 5.52 Å². The maximum absolute atomic E-state index is 12.6. The Kier molecular flexibility index (Phi) is 3.25. The highest BCUT2D eigenvalue weighted by Crippen LogP contribution is 2.22. The van der Waals surface area contributed by atoms with Gasteiger partial charge in [-0.15, -0.1) is 0 Å². The number of halogens is 1. The van der Waals surface area contributed by atoms with Crippen molar-refractivity contribution in [1.29, 1.82) is 0 Å². The molecule has 0 N–H and O–H groups in total. The number of carbonyl (C=O) groups excluding carboxylic acids is 1. The van der Waals surface area contributed by atoms with Gasteiger partial charge in [0.2, 0.25) is 0 Å². The average Bonchev–Trinajstić information content (AvgIpc) is 2.49. The molecule has 0 bridgehead atoms. The molecule has 2 nitrogen and oxygen atoms in total. The van der Waals surface area contributed by atoms with E-state index < -0.39 is 0 Å². The molecule has 3 aromatic rings. The van der Waals surface area contributed by atoms with Crippen LogP contribution in [0, 0.1) is 6.92 Å². The Hall–Kier alpha value is -2.19. The summed E-state index contributed by atoms with van der Waals surface area (Å²) in [5.74, 6) is -0.0366. The molecule has 1 heterocycles. The van der Waals surface area contributed by atoms with Crippen LogP contribution in [-0.4, -0.2) is 10.8 Å². The lowest BCUT2D eigenvalue weighted by Gasteiger charge is -2.06. The number of rotatable bonds is 2. The highest BCUT2D eigenvalue weighted by molar-refractivity contribution is 6.32. The number of benzene rings is 2. The Morgan fingerprint density at radius 1 is 1.10 bits per heavy atom. The Morgan fingerprint density at radius 3 is 2.70 bits per heavy atom. The molecule has 0 aliphatic carbocycles. The van der Waals surface area contributed by atoms with Crippen LogP contribution >= 0.6 is 11.6 Å². The van der Waals surface area contributed by atoms with E-state index in [1.807, 2.05) is 37.3 Å². The zero-order valence-corrected chi connectivity index (χ0v) is 11.7. The number of fused-ring (bicyclic) bond motifs is 1. The number of hydrogen-bond donors (Lipinski definition) is 0. The summed E-state index contributed by atoms with van der Waals surface area (Å²) in [7, 11) is 0. The summed E-state index contributed by atoms with van der Waals surface area (Å²) in [6, 6.07) is 14.7. The van der Waals surface area contributed by atoms with E-state index in [1.54, 1.807) is 24.4 Å². The quantitative estimate of drug-likeness (QED) is 0.651. The molecule has 0 radical (unpaired) electrons. The van der Waals surface area contributed by atoms with E-state index in [0.717, 1.165) is 16.5 Å². The summed E-state index contributed by atoms with van der Waals surface area (Å²) in [4.78, 5) is 16.9. The minimum absolute atomic E-state index is 0.0366. The lowest BCUT2D eigenvalue weighted by atomic mass is 9.99. The molecule has 0 saturated heterocycles. The third-order valence-electron chi connectivity index (χ3n) is 3.33. The number of ketones is 1. The number of carbonyl (C=O) groups is 1. The molecule has 0 fully saturated rings. The standard InChI is InChI=1S/C17H12ClNO/c1-11-6-7-12(10-15(11)18)17(20)14-8-9-19-16-5-3-2-4-13(14)16/h2-10H,1H3. The van der Waals surface area contributed by atoms with Gasteiger partial charge in [-0.1, -0.05) is 41.9 Å². The third-order valence-corrected chi connectivity index (χ3v) is 3.73. The van der Waals surface area contributed by atoms with Crippen molar-refractivity contribution in [2.75, 3.05) is 0 Å². The van der Waals surface area contributed by atoms with Crippen molar-refractivity contribution in [3.05, 3.63) is 76.4 Å². The highest BCUT2D eigenvalue weighted by atomic mass is 35.5. The van der Waals surface area contributed by atoms with Crippen molar-refractivity contribution in [3.63, 3.8) is 0 Å². The molecule has 3 heteroatoms. The normalized spacial score (nSPS) is 10.7. The SMILES string of the molecule is Cc1ccc(C(=O)c2ccnc3ccccc23)cc1Cl. The molecule has 0 spiro atoms. The molecule has 20 heavy (non-hydrogen) atoms. The van der Waals surface area contributed by atoms with Crippen LogP contribution in [0.2, 0.25) is 5.02 Å². The molecule has 98 valence electrons. The number of nitrogens with zero attached hydrogens (tertiary/aromatic N) is 1. The smallest absolute Gasteiger partial charge is 0.193 e. The molecule has 1 aromatic heterocycles. The second kappa shape index (κ2) is 5.06. The maximum Gasteiger partial charge on any atom is 0.193 e. The number of aryl methyl sites for hydroxylation is 1. The van der Waals surface area contributed by atoms with Gasteiger partial charge in [0.25, 0.3) is 0 Å². The van der Waals surface area contributed by atoms with Crippen molar-refractivity contribution in [2.24, 2.45) is 0 Å². The Bertz CT molecular complexity index is 806. The van der Waals surface area contributed by atoms with E-state index in [-0.39, 0.29) is 5.78 Å². The van der Waals surface area contributed by atoms with Crippen molar-refractivity contribution >= 4 is 28.3 Å². The molecular weight excluding hydrogens is 270 g/mol. The highest BCUT2D eigenvalue weighted by Gasteiger charge is 2.13. The largest absolute Gasteiger partial charge is 0.289 e. The molecular formula is C17H12ClNO. The average molecular weight is 282 g/mol. The van der Waals surface area contributed by atoms with Crippen LogP contribution in [0.5, 0.6) is 0 Å². The van der Waals surface area contributed by atoms with E-state index in [2.05, 4.69) is 4.98 Å². The number of aromatic nitrogens is 1. The molecule has 3 rings (SSSR count). The minimum atomic E-state index is -0.0366. The first-order valence-corrected chi connectivity index (χ1v) is 6.69. The summed E-state index contributed by atoms with van der Waals surface area (Å²) in [5, 5.41) is 1.46. The van der Waals surface area contributed by atoms with E-state index in [0.29, 0.717) is 16.1 Å². The first-order valence-electron chi connectivity index (χ1n) is 6.31. The fourth-order valence-electron chi connectivity index (χ4n) is 2.18.